The summed E-state index contributed by atoms with van der Waals surface area (Å²) in [5.41, 5.74) is 2.80. The molecule has 8 atom stereocenters. The zero-order chi connectivity index (χ0) is 23.7. The van der Waals surface area contributed by atoms with E-state index in [1.54, 1.807) is 0 Å². The van der Waals surface area contributed by atoms with E-state index in [1.165, 1.54) is 18.4 Å². The van der Waals surface area contributed by atoms with E-state index in [4.69, 9.17) is 16.4 Å². The highest BCUT2D eigenvalue weighted by molar-refractivity contribution is 6.30. The Kier molecular flexibility index (Phi) is 5.31. The monoisotopic (exact) mass is 481 g/mol. The van der Waals surface area contributed by atoms with Crippen LogP contribution in [-0.2, 0) is 9.63 Å². The number of aliphatic hydroxyl groups excluding tert-OH is 1. The average Bonchev–Trinajstić information content (AvgIpc) is 3.42. The van der Waals surface area contributed by atoms with Crippen molar-refractivity contribution in [1.29, 1.82) is 0 Å². The summed E-state index contributed by atoms with van der Waals surface area (Å²) in [6.45, 7) is 4.91. The molecule has 1 aromatic carbocycles. The Labute approximate surface area is 207 Å². The maximum Gasteiger partial charge on any atom is 0.201 e. The second kappa shape index (κ2) is 7.93. The lowest BCUT2D eigenvalue weighted by molar-refractivity contribution is -0.150. The number of allylic oxidation sites excluding steroid dienone is 1. The Hall–Kier alpha value is -1.65. The molecule has 0 saturated heterocycles. The van der Waals surface area contributed by atoms with Gasteiger partial charge < -0.3 is 9.94 Å². The molecule has 6 rings (SSSR count). The second-order valence-corrected chi connectivity index (χ2v) is 12.7. The van der Waals surface area contributed by atoms with Gasteiger partial charge >= 0.3 is 0 Å². The molecule has 5 heteroatoms. The summed E-state index contributed by atoms with van der Waals surface area (Å²) in [5.74, 6) is 2.14. The molecule has 0 bridgehead atoms. The third-order valence-electron chi connectivity index (χ3n) is 10.8. The van der Waals surface area contributed by atoms with Crippen LogP contribution in [0.5, 0.6) is 0 Å². The first-order chi connectivity index (χ1) is 16.3. The standard InChI is InChI=1S/C29H36ClNO3/c1-27-13-11-21(33)15-19(27)5-8-22-23-9-10-26(28(23,2)14-12-24(22)27)29(17-32)16-25(31-34-29)18-3-6-20(30)7-4-18/h3-7,17,21-24,26,33H,8-16H2,1-2H3/t21-,22+,23+,24+,26?,27+,28+,29?/m1/s1. The van der Waals surface area contributed by atoms with E-state index in [-0.39, 0.29) is 22.9 Å². The van der Waals surface area contributed by atoms with Crippen LogP contribution >= 0.6 is 11.6 Å². The number of aldehydes is 1. The van der Waals surface area contributed by atoms with Gasteiger partial charge in [-0.25, -0.2) is 0 Å². The van der Waals surface area contributed by atoms with Crippen LogP contribution in [0, 0.1) is 34.5 Å². The number of halogens is 1. The summed E-state index contributed by atoms with van der Waals surface area (Å²) >= 11 is 6.07. The predicted octanol–water partition coefficient (Wildman–Crippen LogP) is 6.34. The first kappa shape index (κ1) is 22.8. The lowest BCUT2D eigenvalue weighted by Crippen LogP contribution is -2.54. The van der Waals surface area contributed by atoms with E-state index < -0.39 is 5.60 Å². The van der Waals surface area contributed by atoms with Crippen LogP contribution in [0.4, 0.5) is 0 Å². The molecule has 4 aliphatic carbocycles. The number of rotatable bonds is 3. The SMILES string of the molecule is C[C@]12CC[C@@H](O)CC1=CC[C@@H]1[C@@H]2CC[C@]2(C)C(C3(C=O)CC(c4ccc(Cl)cc4)=NO3)CC[C@@H]12. The van der Waals surface area contributed by atoms with Crippen molar-refractivity contribution in [2.45, 2.75) is 83.3 Å². The molecular formula is C29H36ClNO3. The van der Waals surface area contributed by atoms with Gasteiger partial charge in [-0.3, -0.25) is 4.79 Å². The normalized spacial score (nSPS) is 45.4. The number of carbonyl (C=O) groups excluding carboxylic acids is 1. The van der Waals surface area contributed by atoms with Gasteiger partial charge in [0, 0.05) is 17.4 Å². The third kappa shape index (κ3) is 3.20. The minimum absolute atomic E-state index is 0.0862. The molecule has 0 amide bonds. The number of carbonyl (C=O) groups is 1. The quantitative estimate of drug-likeness (QED) is 0.404. The number of hydrogen-bond donors (Lipinski definition) is 1. The number of aliphatic hydroxyl groups is 1. The fraction of sp³-hybridized carbons (Fsp3) is 0.655. The summed E-state index contributed by atoms with van der Waals surface area (Å²) in [5, 5.41) is 15.4. The largest absolute Gasteiger partial charge is 0.393 e. The van der Waals surface area contributed by atoms with Crippen molar-refractivity contribution in [3.05, 3.63) is 46.5 Å². The summed E-state index contributed by atoms with van der Waals surface area (Å²) in [7, 11) is 0. The summed E-state index contributed by atoms with van der Waals surface area (Å²) in [4.78, 5) is 18.7. The average molecular weight is 482 g/mol. The van der Waals surface area contributed by atoms with Gasteiger partial charge in [-0.15, -0.1) is 0 Å². The molecule has 1 N–H and O–H groups in total. The molecule has 1 aliphatic heterocycles. The van der Waals surface area contributed by atoms with E-state index in [1.807, 2.05) is 24.3 Å². The smallest absolute Gasteiger partial charge is 0.201 e. The maximum absolute atomic E-state index is 12.7. The zero-order valence-corrected chi connectivity index (χ0v) is 21.1. The van der Waals surface area contributed by atoms with Gasteiger partial charge in [0.15, 0.2) is 6.29 Å². The minimum Gasteiger partial charge on any atom is -0.393 e. The summed E-state index contributed by atoms with van der Waals surface area (Å²) in [6, 6.07) is 7.65. The van der Waals surface area contributed by atoms with Crippen molar-refractivity contribution in [3.8, 4) is 0 Å². The Morgan fingerprint density at radius 1 is 1.09 bits per heavy atom. The van der Waals surface area contributed by atoms with Crippen LogP contribution in [-0.4, -0.2) is 28.8 Å². The van der Waals surface area contributed by atoms with Crippen LogP contribution in [0.15, 0.2) is 41.1 Å². The van der Waals surface area contributed by atoms with E-state index in [2.05, 4.69) is 25.1 Å². The number of benzene rings is 1. The molecule has 0 spiro atoms. The van der Waals surface area contributed by atoms with E-state index >= 15 is 0 Å². The fourth-order valence-electron chi connectivity index (χ4n) is 9.04. The molecule has 1 heterocycles. The first-order valence-corrected chi connectivity index (χ1v) is 13.5. The van der Waals surface area contributed by atoms with Gasteiger partial charge in [-0.2, -0.15) is 0 Å². The van der Waals surface area contributed by atoms with Crippen molar-refractivity contribution in [1.82, 2.24) is 0 Å². The predicted molar refractivity (Wildman–Crippen MR) is 134 cm³/mol. The zero-order valence-electron chi connectivity index (χ0n) is 20.3. The highest BCUT2D eigenvalue weighted by atomic mass is 35.5. The van der Waals surface area contributed by atoms with Crippen LogP contribution in [0.3, 0.4) is 0 Å². The molecule has 3 saturated carbocycles. The lowest BCUT2D eigenvalue weighted by atomic mass is 9.46. The van der Waals surface area contributed by atoms with Crippen LogP contribution in [0.1, 0.15) is 77.2 Å². The highest BCUT2D eigenvalue weighted by Gasteiger charge is 2.64. The van der Waals surface area contributed by atoms with Crippen LogP contribution in [0.2, 0.25) is 5.02 Å². The molecule has 1 aromatic rings. The Morgan fingerprint density at radius 2 is 1.88 bits per heavy atom. The molecule has 0 radical (unpaired) electrons. The Bertz CT molecular complexity index is 1050. The van der Waals surface area contributed by atoms with E-state index in [9.17, 15) is 9.90 Å². The molecule has 34 heavy (non-hydrogen) atoms. The number of nitrogens with zero attached hydrogens (tertiary/aromatic N) is 1. The van der Waals surface area contributed by atoms with Gasteiger partial charge in [-0.1, -0.05) is 54.4 Å². The molecule has 2 unspecified atom stereocenters. The van der Waals surface area contributed by atoms with Gasteiger partial charge in [0.05, 0.1) is 11.8 Å². The fourth-order valence-corrected chi connectivity index (χ4v) is 9.17. The van der Waals surface area contributed by atoms with Gasteiger partial charge in [-0.05, 0) is 97.6 Å². The van der Waals surface area contributed by atoms with Crippen molar-refractivity contribution in [3.63, 3.8) is 0 Å². The van der Waals surface area contributed by atoms with Crippen molar-refractivity contribution >= 4 is 23.6 Å². The molecule has 3 fully saturated rings. The maximum atomic E-state index is 12.7. The number of fused-ring (bicyclic) bond motifs is 5. The number of oxime groups is 1. The molecule has 182 valence electrons. The number of hydrogen-bond acceptors (Lipinski definition) is 4. The van der Waals surface area contributed by atoms with Gasteiger partial charge in [0.25, 0.3) is 0 Å². The van der Waals surface area contributed by atoms with Crippen molar-refractivity contribution in [2.75, 3.05) is 0 Å². The van der Waals surface area contributed by atoms with Crippen LogP contribution < -0.4 is 0 Å². The Morgan fingerprint density at radius 3 is 2.65 bits per heavy atom. The first-order valence-electron chi connectivity index (χ1n) is 13.1. The molecular weight excluding hydrogens is 446 g/mol. The Balaban J connectivity index is 1.27. The summed E-state index contributed by atoms with van der Waals surface area (Å²) in [6.07, 6.45) is 12.5. The van der Waals surface area contributed by atoms with E-state index in [0.717, 1.165) is 56.1 Å². The molecule has 5 aliphatic rings. The van der Waals surface area contributed by atoms with Gasteiger partial charge in [0.1, 0.15) is 0 Å². The third-order valence-corrected chi connectivity index (χ3v) is 11.1. The highest BCUT2D eigenvalue weighted by Crippen LogP contribution is 2.68. The summed E-state index contributed by atoms with van der Waals surface area (Å²) < 4.78 is 0. The molecule has 0 aromatic heterocycles. The second-order valence-electron chi connectivity index (χ2n) is 12.2. The topological polar surface area (TPSA) is 58.9 Å². The van der Waals surface area contributed by atoms with Crippen LogP contribution in [0.25, 0.3) is 0 Å². The van der Waals surface area contributed by atoms with Gasteiger partial charge in [0.2, 0.25) is 5.60 Å². The molecule has 4 nitrogen and oxygen atoms in total. The minimum atomic E-state index is -0.861. The van der Waals surface area contributed by atoms with Crippen molar-refractivity contribution < 1.29 is 14.7 Å². The lowest BCUT2D eigenvalue weighted by Gasteiger charge is -2.58. The van der Waals surface area contributed by atoms with Crippen molar-refractivity contribution in [2.24, 2.45) is 39.7 Å². The van der Waals surface area contributed by atoms with E-state index in [0.29, 0.717) is 29.2 Å².